The molecule has 118 valence electrons. The first kappa shape index (κ1) is 17.4. The lowest BCUT2D eigenvalue weighted by atomic mass is 10.1. The van der Waals surface area contributed by atoms with Crippen LogP contribution in [-0.4, -0.2) is 38.1 Å². The van der Waals surface area contributed by atoms with Crippen LogP contribution in [-0.2, 0) is 11.2 Å². The average Bonchev–Trinajstić information content (AvgIpc) is 2.51. The molecule has 1 amide bonds. The van der Waals surface area contributed by atoms with E-state index in [0.717, 1.165) is 18.5 Å². The number of primary amides is 1. The molecular formula is C16H22N4O2. The summed E-state index contributed by atoms with van der Waals surface area (Å²) in [5, 5.41) is 6.15. The Morgan fingerprint density at radius 2 is 2.09 bits per heavy atom. The lowest BCUT2D eigenvalue weighted by molar-refractivity contribution is -0.119. The molecule has 0 aliphatic rings. The minimum Gasteiger partial charge on any atom is -0.484 e. The van der Waals surface area contributed by atoms with Crippen LogP contribution in [0.5, 0.6) is 5.75 Å². The van der Waals surface area contributed by atoms with Crippen LogP contribution >= 0.6 is 0 Å². The number of nitrogens with one attached hydrogen (secondary N) is 2. The van der Waals surface area contributed by atoms with E-state index in [9.17, 15) is 4.79 Å². The second-order valence-electron chi connectivity index (χ2n) is 4.47. The van der Waals surface area contributed by atoms with E-state index >= 15 is 0 Å². The molecule has 0 aromatic heterocycles. The number of hydrogen-bond donors (Lipinski definition) is 3. The number of hydrogen-bond acceptors (Lipinski definition) is 3. The van der Waals surface area contributed by atoms with Crippen molar-refractivity contribution in [3.8, 4) is 18.1 Å². The molecule has 0 unspecified atom stereocenters. The van der Waals surface area contributed by atoms with Crippen molar-refractivity contribution in [1.29, 1.82) is 0 Å². The van der Waals surface area contributed by atoms with Crippen molar-refractivity contribution in [1.82, 2.24) is 10.6 Å². The maximum atomic E-state index is 10.6. The zero-order valence-electron chi connectivity index (χ0n) is 12.8. The fourth-order valence-electron chi connectivity index (χ4n) is 1.68. The number of rotatable bonds is 8. The third-order valence-electron chi connectivity index (χ3n) is 2.68. The Bertz CT molecular complexity index is 532. The van der Waals surface area contributed by atoms with Crippen molar-refractivity contribution in [3.63, 3.8) is 0 Å². The number of terminal acetylenes is 1. The van der Waals surface area contributed by atoms with Gasteiger partial charge in [-0.25, -0.2) is 0 Å². The van der Waals surface area contributed by atoms with Gasteiger partial charge in [-0.15, -0.1) is 6.42 Å². The normalized spacial score (nSPS) is 10.6. The molecule has 22 heavy (non-hydrogen) atoms. The molecule has 0 atom stereocenters. The van der Waals surface area contributed by atoms with Gasteiger partial charge in [0.05, 0.1) is 6.54 Å². The van der Waals surface area contributed by atoms with Gasteiger partial charge in [-0.1, -0.05) is 18.1 Å². The Labute approximate surface area is 131 Å². The molecule has 0 bridgehead atoms. The van der Waals surface area contributed by atoms with Crippen LogP contribution in [0.1, 0.15) is 12.5 Å². The SMILES string of the molecule is C#CCNC(=NCCc1ccc(OCC(N)=O)cc1)NCC. The van der Waals surface area contributed by atoms with E-state index in [1.54, 1.807) is 0 Å². The average molecular weight is 302 g/mol. The lowest BCUT2D eigenvalue weighted by Gasteiger charge is -2.09. The van der Waals surface area contributed by atoms with Gasteiger partial charge in [-0.2, -0.15) is 0 Å². The third kappa shape index (κ3) is 7.20. The Balaban J connectivity index is 2.46. The largest absolute Gasteiger partial charge is 0.484 e. The van der Waals surface area contributed by atoms with Crippen molar-refractivity contribution < 1.29 is 9.53 Å². The summed E-state index contributed by atoms with van der Waals surface area (Å²) < 4.78 is 5.20. The van der Waals surface area contributed by atoms with Crippen LogP contribution in [0, 0.1) is 12.3 Å². The summed E-state index contributed by atoms with van der Waals surface area (Å²) in [5.74, 6) is 3.35. The molecule has 4 N–H and O–H groups in total. The number of nitrogens with two attached hydrogens (primary N) is 1. The monoisotopic (exact) mass is 302 g/mol. The second-order valence-corrected chi connectivity index (χ2v) is 4.47. The predicted molar refractivity (Wildman–Crippen MR) is 87.6 cm³/mol. The molecule has 0 fully saturated rings. The van der Waals surface area contributed by atoms with E-state index in [1.807, 2.05) is 31.2 Å². The molecule has 0 aliphatic carbocycles. The first-order valence-corrected chi connectivity index (χ1v) is 7.11. The second kappa shape index (κ2) is 10.1. The standard InChI is InChI=1S/C16H22N4O2/c1-3-10-19-16(18-4-2)20-11-9-13-5-7-14(8-6-13)22-12-15(17)21/h1,5-8H,4,9-12H2,2H3,(H2,17,21)(H2,18,19,20). The van der Waals surface area contributed by atoms with Crippen molar-refractivity contribution in [2.75, 3.05) is 26.2 Å². The number of ether oxygens (including phenoxy) is 1. The highest BCUT2D eigenvalue weighted by Crippen LogP contribution is 2.12. The Kier molecular flexibility index (Phi) is 7.98. The molecule has 0 radical (unpaired) electrons. The fraction of sp³-hybridized carbons (Fsp3) is 0.375. The Hall–Kier alpha value is -2.68. The number of carbonyl (C=O) groups is 1. The van der Waals surface area contributed by atoms with Gasteiger partial charge < -0.3 is 21.1 Å². The van der Waals surface area contributed by atoms with Gasteiger partial charge in [0.15, 0.2) is 12.6 Å². The van der Waals surface area contributed by atoms with Crippen LogP contribution in [0.25, 0.3) is 0 Å². The molecule has 6 heteroatoms. The van der Waals surface area contributed by atoms with E-state index in [1.165, 1.54) is 0 Å². The highest BCUT2D eigenvalue weighted by Gasteiger charge is 1.99. The van der Waals surface area contributed by atoms with E-state index in [-0.39, 0.29) is 6.61 Å². The minimum atomic E-state index is -0.492. The van der Waals surface area contributed by atoms with Gasteiger partial charge in [0.1, 0.15) is 5.75 Å². The van der Waals surface area contributed by atoms with Gasteiger partial charge in [0, 0.05) is 13.1 Å². The quantitative estimate of drug-likeness (QED) is 0.366. The summed E-state index contributed by atoms with van der Waals surface area (Å²) in [5.41, 5.74) is 6.15. The summed E-state index contributed by atoms with van der Waals surface area (Å²) in [6, 6.07) is 7.49. The van der Waals surface area contributed by atoms with Gasteiger partial charge in [0.25, 0.3) is 5.91 Å². The van der Waals surface area contributed by atoms with Gasteiger partial charge in [-0.3, -0.25) is 9.79 Å². The molecule has 0 spiro atoms. The highest BCUT2D eigenvalue weighted by atomic mass is 16.5. The zero-order valence-corrected chi connectivity index (χ0v) is 12.8. The van der Waals surface area contributed by atoms with Gasteiger partial charge in [-0.05, 0) is 31.0 Å². The van der Waals surface area contributed by atoms with Crippen LogP contribution < -0.4 is 21.1 Å². The molecule has 1 rings (SSSR count). The molecule has 0 saturated carbocycles. The van der Waals surface area contributed by atoms with E-state index < -0.39 is 5.91 Å². The minimum absolute atomic E-state index is 0.115. The smallest absolute Gasteiger partial charge is 0.255 e. The molecule has 1 aromatic rings. The van der Waals surface area contributed by atoms with E-state index in [0.29, 0.717) is 24.8 Å². The van der Waals surface area contributed by atoms with Crippen LogP contribution in [0.4, 0.5) is 0 Å². The summed E-state index contributed by atoms with van der Waals surface area (Å²) in [6.45, 7) is 3.75. The summed E-state index contributed by atoms with van der Waals surface area (Å²) >= 11 is 0. The molecule has 0 aliphatic heterocycles. The third-order valence-corrected chi connectivity index (χ3v) is 2.68. The fourth-order valence-corrected chi connectivity index (χ4v) is 1.68. The maximum absolute atomic E-state index is 10.6. The summed E-state index contributed by atoms with van der Waals surface area (Å²) in [7, 11) is 0. The Morgan fingerprint density at radius 3 is 2.68 bits per heavy atom. The number of carbonyl (C=O) groups excluding carboxylic acids is 1. The van der Waals surface area contributed by atoms with Crippen molar-refractivity contribution in [2.45, 2.75) is 13.3 Å². The van der Waals surface area contributed by atoms with Crippen molar-refractivity contribution >= 4 is 11.9 Å². The van der Waals surface area contributed by atoms with Crippen LogP contribution in [0.3, 0.4) is 0 Å². The zero-order chi connectivity index (χ0) is 16.2. The van der Waals surface area contributed by atoms with Crippen LogP contribution in [0.15, 0.2) is 29.3 Å². The number of amides is 1. The lowest BCUT2D eigenvalue weighted by Crippen LogP contribution is -2.37. The van der Waals surface area contributed by atoms with Crippen LogP contribution in [0.2, 0.25) is 0 Å². The highest BCUT2D eigenvalue weighted by molar-refractivity contribution is 5.80. The molecule has 0 heterocycles. The number of nitrogens with zero attached hydrogens (tertiary/aromatic N) is 1. The maximum Gasteiger partial charge on any atom is 0.255 e. The first-order valence-electron chi connectivity index (χ1n) is 7.11. The molecule has 1 aromatic carbocycles. The first-order chi connectivity index (χ1) is 10.7. The van der Waals surface area contributed by atoms with E-state index in [2.05, 4.69) is 21.5 Å². The van der Waals surface area contributed by atoms with E-state index in [4.69, 9.17) is 16.9 Å². The van der Waals surface area contributed by atoms with Gasteiger partial charge in [0.2, 0.25) is 0 Å². The Morgan fingerprint density at radius 1 is 1.36 bits per heavy atom. The summed E-state index contributed by atoms with van der Waals surface area (Å²) in [4.78, 5) is 15.1. The number of guanidine groups is 1. The van der Waals surface area contributed by atoms with Gasteiger partial charge >= 0.3 is 0 Å². The molecular weight excluding hydrogens is 280 g/mol. The summed E-state index contributed by atoms with van der Waals surface area (Å²) in [6.07, 6.45) is 6.01. The van der Waals surface area contributed by atoms with Crippen molar-refractivity contribution in [2.24, 2.45) is 10.7 Å². The molecule has 6 nitrogen and oxygen atoms in total. The van der Waals surface area contributed by atoms with Crippen molar-refractivity contribution in [3.05, 3.63) is 29.8 Å². The number of aliphatic imine (C=N–C) groups is 1. The molecule has 0 saturated heterocycles. The topological polar surface area (TPSA) is 88.7 Å². The number of benzene rings is 1. The predicted octanol–water partition coefficient (Wildman–Crippen LogP) is 0.282.